The van der Waals surface area contributed by atoms with Crippen LogP contribution >= 0.6 is 0 Å². The maximum absolute atomic E-state index is 12.8. The molecule has 0 spiro atoms. The SMILES string of the molecule is N[C@@H](Cc1c[nH]c2ccccc12)C(=O)N1CCN(C2CCCC2)CC1. The molecule has 1 atom stereocenters. The molecule has 2 fully saturated rings. The van der Waals surface area contributed by atoms with Gasteiger partial charge in [-0.25, -0.2) is 0 Å². The monoisotopic (exact) mass is 340 g/mol. The van der Waals surface area contributed by atoms with Crippen LogP contribution < -0.4 is 5.73 Å². The average molecular weight is 340 g/mol. The first-order chi connectivity index (χ1) is 12.2. The van der Waals surface area contributed by atoms with Gasteiger partial charge in [0.1, 0.15) is 0 Å². The molecule has 2 aliphatic rings. The van der Waals surface area contributed by atoms with Gasteiger partial charge >= 0.3 is 0 Å². The number of piperazine rings is 1. The van der Waals surface area contributed by atoms with Crippen molar-refractivity contribution in [2.24, 2.45) is 5.73 Å². The van der Waals surface area contributed by atoms with Gasteiger partial charge in [-0.2, -0.15) is 0 Å². The summed E-state index contributed by atoms with van der Waals surface area (Å²) in [7, 11) is 0. The molecule has 1 aromatic carbocycles. The highest BCUT2D eigenvalue weighted by atomic mass is 16.2. The number of hydrogen-bond acceptors (Lipinski definition) is 3. The van der Waals surface area contributed by atoms with Crippen LogP contribution in [0, 0.1) is 0 Å². The van der Waals surface area contributed by atoms with Gasteiger partial charge in [-0.15, -0.1) is 0 Å². The molecule has 3 N–H and O–H groups in total. The number of hydrogen-bond donors (Lipinski definition) is 2. The molecule has 1 aliphatic carbocycles. The van der Waals surface area contributed by atoms with Crippen LogP contribution in [0.15, 0.2) is 30.5 Å². The third-order valence-electron chi connectivity index (χ3n) is 5.90. The number of H-pyrrole nitrogens is 1. The molecule has 134 valence electrons. The molecule has 1 aliphatic heterocycles. The normalized spacial score (nSPS) is 21.1. The van der Waals surface area contributed by atoms with Crippen molar-refractivity contribution in [1.29, 1.82) is 0 Å². The van der Waals surface area contributed by atoms with E-state index in [0.29, 0.717) is 6.42 Å². The van der Waals surface area contributed by atoms with E-state index in [-0.39, 0.29) is 5.91 Å². The van der Waals surface area contributed by atoms with Gasteiger partial charge in [0.15, 0.2) is 0 Å². The van der Waals surface area contributed by atoms with E-state index >= 15 is 0 Å². The van der Waals surface area contributed by atoms with Gasteiger partial charge in [0.25, 0.3) is 0 Å². The summed E-state index contributed by atoms with van der Waals surface area (Å²) in [6.45, 7) is 3.63. The second-order valence-electron chi connectivity index (χ2n) is 7.47. The van der Waals surface area contributed by atoms with E-state index in [1.165, 1.54) is 25.7 Å². The van der Waals surface area contributed by atoms with Crippen LogP contribution in [0.3, 0.4) is 0 Å². The number of fused-ring (bicyclic) bond motifs is 1. The molecule has 0 unspecified atom stereocenters. The minimum atomic E-state index is -0.461. The standard InChI is InChI=1S/C20H28N4O/c21-18(13-15-14-22-19-8-4-3-7-17(15)19)20(25)24-11-9-23(10-12-24)16-5-1-2-6-16/h3-4,7-8,14,16,18,22H,1-2,5-6,9-13,21H2/t18-/m0/s1. The lowest BCUT2D eigenvalue weighted by atomic mass is 10.0. The van der Waals surface area contributed by atoms with Crippen LogP contribution in [0.1, 0.15) is 31.2 Å². The van der Waals surface area contributed by atoms with Crippen molar-refractivity contribution in [3.63, 3.8) is 0 Å². The molecule has 1 amide bonds. The predicted molar refractivity (Wildman–Crippen MR) is 100 cm³/mol. The number of benzene rings is 1. The van der Waals surface area contributed by atoms with Crippen LogP contribution in [-0.4, -0.2) is 59.0 Å². The van der Waals surface area contributed by atoms with Crippen molar-refractivity contribution in [3.8, 4) is 0 Å². The largest absolute Gasteiger partial charge is 0.361 e. The van der Waals surface area contributed by atoms with Crippen LogP contribution in [0.5, 0.6) is 0 Å². The summed E-state index contributed by atoms with van der Waals surface area (Å²) in [5.74, 6) is 0.0938. The van der Waals surface area contributed by atoms with Crippen LogP contribution in [0.25, 0.3) is 10.9 Å². The van der Waals surface area contributed by atoms with Gasteiger partial charge < -0.3 is 15.6 Å². The Morgan fingerprint density at radius 3 is 2.64 bits per heavy atom. The summed E-state index contributed by atoms with van der Waals surface area (Å²) in [4.78, 5) is 20.6. The maximum Gasteiger partial charge on any atom is 0.239 e. The zero-order chi connectivity index (χ0) is 17.2. The highest BCUT2D eigenvalue weighted by molar-refractivity contribution is 5.86. The van der Waals surface area contributed by atoms with Gasteiger partial charge in [0, 0.05) is 49.3 Å². The third-order valence-corrected chi connectivity index (χ3v) is 5.90. The lowest BCUT2D eigenvalue weighted by molar-refractivity contribution is -0.134. The van der Waals surface area contributed by atoms with Crippen molar-refractivity contribution in [2.75, 3.05) is 26.2 Å². The number of nitrogens with zero attached hydrogens (tertiary/aromatic N) is 2. The Bertz CT molecular complexity index is 726. The third kappa shape index (κ3) is 3.44. The first-order valence-corrected chi connectivity index (χ1v) is 9.56. The predicted octanol–water partition coefficient (Wildman–Crippen LogP) is 2.12. The molecule has 2 heterocycles. The van der Waals surface area contributed by atoms with E-state index < -0.39 is 6.04 Å². The van der Waals surface area contributed by atoms with Crippen molar-refractivity contribution in [3.05, 3.63) is 36.0 Å². The minimum Gasteiger partial charge on any atom is -0.361 e. The summed E-state index contributed by atoms with van der Waals surface area (Å²) < 4.78 is 0. The lowest BCUT2D eigenvalue weighted by Gasteiger charge is -2.38. The second kappa shape index (κ2) is 7.18. The number of nitrogens with one attached hydrogen (secondary N) is 1. The Morgan fingerprint density at radius 2 is 1.88 bits per heavy atom. The number of aromatic amines is 1. The number of nitrogens with two attached hydrogens (primary N) is 1. The van der Waals surface area contributed by atoms with Gasteiger partial charge in [-0.3, -0.25) is 9.69 Å². The van der Waals surface area contributed by atoms with Crippen molar-refractivity contribution in [2.45, 2.75) is 44.2 Å². The number of rotatable bonds is 4. The number of carbonyl (C=O) groups is 1. The Kier molecular flexibility index (Phi) is 4.77. The number of para-hydroxylation sites is 1. The molecule has 4 rings (SSSR count). The maximum atomic E-state index is 12.8. The minimum absolute atomic E-state index is 0.0938. The fourth-order valence-electron chi connectivity index (χ4n) is 4.44. The Balaban J connectivity index is 1.34. The first kappa shape index (κ1) is 16.6. The van der Waals surface area contributed by atoms with Gasteiger partial charge in [-0.05, 0) is 30.9 Å². The molecular formula is C20H28N4O. The zero-order valence-electron chi connectivity index (χ0n) is 14.8. The highest BCUT2D eigenvalue weighted by Crippen LogP contribution is 2.24. The smallest absolute Gasteiger partial charge is 0.239 e. The lowest BCUT2D eigenvalue weighted by Crippen LogP contribution is -2.55. The molecule has 0 radical (unpaired) electrons. The molecule has 5 nitrogen and oxygen atoms in total. The average Bonchev–Trinajstić information content (AvgIpc) is 3.32. The van der Waals surface area contributed by atoms with Crippen molar-refractivity contribution < 1.29 is 4.79 Å². The summed E-state index contributed by atoms with van der Waals surface area (Å²) in [5.41, 5.74) is 8.49. The molecule has 0 bridgehead atoms. The second-order valence-corrected chi connectivity index (χ2v) is 7.47. The van der Waals surface area contributed by atoms with Gasteiger partial charge in [0.05, 0.1) is 6.04 Å². The molecule has 1 aromatic heterocycles. The van der Waals surface area contributed by atoms with E-state index in [9.17, 15) is 4.79 Å². The molecule has 1 saturated heterocycles. The summed E-state index contributed by atoms with van der Waals surface area (Å²) in [5, 5.41) is 1.16. The van der Waals surface area contributed by atoms with E-state index in [0.717, 1.165) is 48.7 Å². The highest BCUT2D eigenvalue weighted by Gasteiger charge is 2.29. The van der Waals surface area contributed by atoms with Gasteiger partial charge in [0.2, 0.25) is 5.91 Å². The van der Waals surface area contributed by atoms with Crippen molar-refractivity contribution in [1.82, 2.24) is 14.8 Å². The molecular weight excluding hydrogens is 312 g/mol. The first-order valence-electron chi connectivity index (χ1n) is 9.56. The number of aromatic nitrogens is 1. The number of carbonyl (C=O) groups excluding carboxylic acids is 1. The molecule has 2 aromatic rings. The summed E-state index contributed by atoms with van der Waals surface area (Å²) in [6, 6.07) is 8.45. The Labute approximate surface area is 149 Å². The van der Waals surface area contributed by atoms with Crippen LogP contribution in [-0.2, 0) is 11.2 Å². The quantitative estimate of drug-likeness (QED) is 0.896. The molecule has 1 saturated carbocycles. The summed E-state index contributed by atoms with van der Waals surface area (Å²) >= 11 is 0. The van der Waals surface area contributed by atoms with Crippen LogP contribution in [0.2, 0.25) is 0 Å². The van der Waals surface area contributed by atoms with Crippen molar-refractivity contribution >= 4 is 16.8 Å². The van der Waals surface area contributed by atoms with E-state index in [1.807, 2.05) is 23.2 Å². The van der Waals surface area contributed by atoms with E-state index in [4.69, 9.17) is 5.73 Å². The fraction of sp³-hybridized carbons (Fsp3) is 0.550. The topological polar surface area (TPSA) is 65.4 Å². The van der Waals surface area contributed by atoms with E-state index in [1.54, 1.807) is 0 Å². The Morgan fingerprint density at radius 1 is 1.16 bits per heavy atom. The van der Waals surface area contributed by atoms with E-state index in [2.05, 4.69) is 22.0 Å². The summed E-state index contributed by atoms with van der Waals surface area (Å²) in [6.07, 6.45) is 7.95. The molecule has 5 heteroatoms. The zero-order valence-corrected chi connectivity index (χ0v) is 14.8. The fourth-order valence-corrected chi connectivity index (χ4v) is 4.44. The van der Waals surface area contributed by atoms with Crippen LogP contribution in [0.4, 0.5) is 0 Å². The van der Waals surface area contributed by atoms with Gasteiger partial charge in [-0.1, -0.05) is 31.0 Å². The number of amides is 1. The molecule has 25 heavy (non-hydrogen) atoms. The Hall–Kier alpha value is -1.85.